The smallest absolute Gasteiger partial charge is 0.277 e. The summed E-state index contributed by atoms with van der Waals surface area (Å²) in [4.78, 5) is 32.7. The van der Waals surface area contributed by atoms with Crippen molar-refractivity contribution in [3.63, 3.8) is 0 Å². The highest BCUT2D eigenvalue weighted by molar-refractivity contribution is 6.35. The van der Waals surface area contributed by atoms with E-state index in [1.165, 1.54) is 10.5 Å². The highest BCUT2D eigenvalue weighted by atomic mass is 16.2. The zero-order valence-corrected chi connectivity index (χ0v) is 18.0. The van der Waals surface area contributed by atoms with Crippen molar-refractivity contribution in [1.29, 1.82) is 0 Å². The summed E-state index contributed by atoms with van der Waals surface area (Å²) in [7, 11) is 2.09. The molecule has 1 saturated heterocycles. The number of rotatable bonds is 5. The molecule has 30 heavy (non-hydrogen) atoms. The number of hydrogen-bond donors (Lipinski definition) is 0. The third-order valence-electron chi connectivity index (χ3n) is 6.23. The first-order valence-corrected chi connectivity index (χ1v) is 10.6. The number of piperazine rings is 1. The molecule has 2 aromatic rings. The van der Waals surface area contributed by atoms with Crippen molar-refractivity contribution in [1.82, 2.24) is 14.7 Å². The van der Waals surface area contributed by atoms with Crippen LogP contribution in [0.25, 0.3) is 5.57 Å². The molecule has 0 radical (unpaired) electrons. The van der Waals surface area contributed by atoms with Gasteiger partial charge in [-0.2, -0.15) is 0 Å². The van der Waals surface area contributed by atoms with Gasteiger partial charge in [0.05, 0.1) is 5.57 Å². The lowest BCUT2D eigenvalue weighted by Gasteiger charge is -2.34. The SMILES string of the molecule is Cc1ccc(C2=C(N3CCN(C)CC3)C(=O)N(CCc3ccccc3)C2=O)cc1C. The van der Waals surface area contributed by atoms with E-state index in [-0.39, 0.29) is 11.8 Å². The highest BCUT2D eigenvalue weighted by Crippen LogP contribution is 2.33. The minimum atomic E-state index is -0.173. The fraction of sp³-hybridized carbons (Fsp3) is 0.360. The Bertz CT molecular complexity index is 989. The lowest BCUT2D eigenvalue weighted by atomic mass is 9.99. The summed E-state index contributed by atoms with van der Waals surface area (Å²) in [5.41, 5.74) is 5.40. The molecule has 1 fully saturated rings. The summed E-state index contributed by atoms with van der Waals surface area (Å²) in [6, 6.07) is 16.0. The van der Waals surface area contributed by atoms with Gasteiger partial charge >= 0.3 is 0 Å². The number of likely N-dealkylation sites (N-methyl/N-ethyl adjacent to an activating group) is 1. The molecule has 0 bridgehead atoms. The van der Waals surface area contributed by atoms with Crippen molar-refractivity contribution in [3.8, 4) is 0 Å². The molecule has 5 heteroatoms. The minimum Gasteiger partial charge on any atom is -0.364 e. The third-order valence-corrected chi connectivity index (χ3v) is 6.23. The van der Waals surface area contributed by atoms with Crippen molar-refractivity contribution >= 4 is 17.4 Å². The molecule has 0 aliphatic carbocycles. The second-order valence-corrected chi connectivity index (χ2v) is 8.31. The molecule has 156 valence electrons. The second-order valence-electron chi connectivity index (χ2n) is 8.31. The molecule has 2 amide bonds. The van der Waals surface area contributed by atoms with Crippen molar-refractivity contribution in [2.45, 2.75) is 20.3 Å². The first-order chi connectivity index (χ1) is 14.5. The highest BCUT2D eigenvalue weighted by Gasteiger charge is 2.41. The van der Waals surface area contributed by atoms with Gasteiger partial charge in [0.15, 0.2) is 0 Å². The first-order valence-electron chi connectivity index (χ1n) is 10.6. The van der Waals surface area contributed by atoms with Gasteiger partial charge in [0.25, 0.3) is 11.8 Å². The molecule has 0 saturated carbocycles. The van der Waals surface area contributed by atoms with Gasteiger partial charge in [-0.25, -0.2) is 0 Å². The van der Waals surface area contributed by atoms with E-state index in [1.54, 1.807) is 0 Å². The van der Waals surface area contributed by atoms with Crippen LogP contribution in [-0.2, 0) is 16.0 Å². The summed E-state index contributed by atoms with van der Waals surface area (Å²) in [6.45, 7) is 7.78. The topological polar surface area (TPSA) is 43.9 Å². The molecule has 0 atom stereocenters. The zero-order chi connectivity index (χ0) is 21.3. The Hall–Kier alpha value is -2.92. The molecular formula is C25H29N3O2. The van der Waals surface area contributed by atoms with Gasteiger partial charge < -0.3 is 9.80 Å². The number of benzene rings is 2. The Morgan fingerprint density at radius 3 is 2.20 bits per heavy atom. The third kappa shape index (κ3) is 3.90. The van der Waals surface area contributed by atoms with Crippen LogP contribution in [0.15, 0.2) is 54.2 Å². The minimum absolute atomic E-state index is 0.159. The number of amides is 2. The number of nitrogens with zero attached hydrogens (tertiary/aromatic N) is 3. The van der Waals surface area contributed by atoms with E-state index in [0.29, 0.717) is 24.2 Å². The standard InChI is InChI=1S/C25H29N3O2/c1-18-9-10-21(17-19(18)2)22-23(27-15-13-26(3)14-16-27)25(30)28(24(22)29)12-11-20-7-5-4-6-8-20/h4-10,17H,11-16H2,1-3H3. The normalized spacial score (nSPS) is 18.0. The Labute approximate surface area is 178 Å². The average Bonchev–Trinajstić information content (AvgIpc) is 3.00. The van der Waals surface area contributed by atoms with E-state index in [2.05, 4.69) is 23.8 Å². The van der Waals surface area contributed by atoms with Gasteiger partial charge in [0.1, 0.15) is 5.70 Å². The van der Waals surface area contributed by atoms with Crippen molar-refractivity contribution in [2.75, 3.05) is 39.8 Å². The molecule has 2 aliphatic heterocycles. The summed E-state index contributed by atoms with van der Waals surface area (Å²) < 4.78 is 0. The van der Waals surface area contributed by atoms with E-state index in [0.717, 1.165) is 42.9 Å². The van der Waals surface area contributed by atoms with Crippen LogP contribution in [0, 0.1) is 13.8 Å². The number of hydrogen-bond acceptors (Lipinski definition) is 4. The van der Waals surface area contributed by atoms with Gasteiger partial charge in [0.2, 0.25) is 0 Å². The Balaban J connectivity index is 1.67. The van der Waals surface area contributed by atoms with Crippen molar-refractivity contribution < 1.29 is 9.59 Å². The number of carbonyl (C=O) groups excluding carboxylic acids is 2. The molecule has 2 aromatic carbocycles. The number of carbonyl (C=O) groups is 2. The summed E-state index contributed by atoms with van der Waals surface area (Å²) >= 11 is 0. The van der Waals surface area contributed by atoms with Crippen molar-refractivity contribution in [3.05, 3.63) is 76.5 Å². The first kappa shape index (κ1) is 20.4. The van der Waals surface area contributed by atoms with Gasteiger partial charge in [-0.15, -0.1) is 0 Å². The second kappa shape index (κ2) is 8.44. The maximum atomic E-state index is 13.5. The van der Waals surface area contributed by atoms with Crippen LogP contribution in [0.4, 0.5) is 0 Å². The lowest BCUT2D eigenvalue weighted by molar-refractivity contribution is -0.137. The Kier molecular flexibility index (Phi) is 5.73. The van der Waals surface area contributed by atoms with Crippen molar-refractivity contribution in [2.24, 2.45) is 0 Å². The number of aryl methyl sites for hydroxylation is 2. The molecule has 2 aliphatic rings. The molecule has 2 heterocycles. The molecule has 4 rings (SSSR count). The summed E-state index contributed by atoms with van der Waals surface area (Å²) in [6.07, 6.45) is 0.661. The average molecular weight is 404 g/mol. The predicted molar refractivity (Wildman–Crippen MR) is 119 cm³/mol. The summed E-state index contributed by atoms with van der Waals surface area (Å²) in [5.74, 6) is -0.332. The molecule has 0 aromatic heterocycles. The molecule has 0 spiro atoms. The van der Waals surface area contributed by atoms with E-state index >= 15 is 0 Å². The number of imide groups is 1. The zero-order valence-electron chi connectivity index (χ0n) is 18.0. The predicted octanol–water partition coefficient (Wildman–Crippen LogP) is 2.87. The molecule has 0 unspecified atom stereocenters. The maximum absolute atomic E-state index is 13.5. The van der Waals surface area contributed by atoms with Crippen LogP contribution in [0.1, 0.15) is 22.3 Å². The lowest BCUT2D eigenvalue weighted by Crippen LogP contribution is -2.46. The monoisotopic (exact) mass is 403 g/mol. The van der Waals surface area contributed by atoms with Crippen LogP contribution >= 0.6 is 0 Å². The molecular weight excluding hydrogens is 374 g/mol. The van der Waals surface area contributed by atoms with Crippen LogP contribution in [0.3, 0.4) is 0 Å². The largest absolute Gasteiger partial charge is 0.364 e. The van der Waals surface area contributed by atoms with E-state index in [9.17, 15) is 9.59 Å². The van der Waals surface area contributed by atoms with Crippen LogP contribution < -0.4 is 0 Å². The Morgan fingerprint density at radius 1 is 0.833 bits per heavy atom. The quantitative estimate of drug-likeness (QED) is 0.720. The van der Waals surface area contributed by atoms with Gasteiger partial charge in [0, 0.05) is 32.7 Å². The van der Waals surface area contributed by atoms with E-state index in [1.807, 2.05) is 55.5 Å². The Morgan fingerprint density at radius 2 is 1.53 bits per heavy atom. The van der Waals surface area contributed by atoms with Crippen LogP contribution in [0.2, 0.25) is 0 Å². The molecule has 5 nitrogen and oxygen atoms in total. The van der Waals surface area contributed by atoms with E-state index < -0.39 is 0 Å². The molecule has 0 N–H and O–H groups in total. The van der Waals surface area contributed by atoms with Gasteiger partial charge in [-0.1, -0.05) is 48.5 Å². The van der Waals surface area contributed by atoms with Gasteiger partial charge in [-0.05, 0) is 49.6 Å². The fourth-order valence-electron chi connectivity index (χ4n) is 4.13. The maximum Gasteiger partial charge on any atom is 0.277 e. The van der Waals surface area contributed by atoms with Crippen LogP contribution in [-0.4, -0.2) is 66.3 Å². The van der Waals surface area contributed by atoms with Gasteiger partial charge in [-0.3, -0.25) is 14.5 Å². The summed E-state index contributed by atoms with van der Waals surface area (Å²) in [5, 5.41) is 0. The fourth-order valence-corrected chi connectivity index (χ4v) is 4.13. The van der Waals surface area contributed by atoms with E-state index in [4.69, 9.17) is 0 Å². The van der Waals surface area contributed by atoms with Crippen LogP contribution in [0.5, 0.6) is 0 Å².